The molecule has 3 heterocycles. The molecule has 2 aliphatic rings. The molecule has 170 valence electrons. The van der Waals surface area contributed by atoms with E-state index >= 15 is 0 Å². The second-order valence-corrected chi connectivity index (χ2v) is 8.32. The number of nitrogens with zero attached hydrogens (tertiary/aromatic N) is 4. The van der Waals surface area contributed by atoms with Crippen molar-refractivity contribution in [3.8, 4) is 11.6 Å². The van der Waals surface area contributed by atoms with Crippen LogP contribution in [0.3, 0.4) is 0 Å². The van der Waals surface area contributed by atoms with Crippen LogP contribution in [-0.4, -0.2) is 40.5 Å². The standard InChI is InChI=1S/C25H26FN5O2/c26-19-8-10-20(11-9-19)33-23-21-17-31(25(32)27-16-18-6-2-1-3-7-18)15-12-22(21)28-24(29-23)30-13-4-5-14-30/h1-3,6-11H,4-5,12-17H2,(H,27,32). The molecular weight excluding hydrogens is 421 g/mol. The summed E-state index contributed by atoms with van der Waals surface area (Å²) < 4.78 is 19.5. The first-order valence-electron chi connectivity index (χ1n) is 11.3. The maximum absolute atomic E-state index is 13.4. The van der Waals surface area contributed by atoms with E-state index in [1.54, 1.807) is 17.0 Å². The lowest BCUT2D eigenvalue weighted by molar-refractivity contribution is 0.190. The van der Waals surface area contributed by atoms with Gasteiger partial charge in [-0.3, -0.25) is 0 Å². The maximum atomic E-state index is 13.4. The van der Waals surface area contributed by atoms with Gasteiger partial charge in [-0.05, 0) is 42.7 Å². The summed E-state index contributed by atoms with van der Waals surface area (Å²) in [4.78, 5) is 26.3. The van der Waals surface area contributed by atoms with Crippen LogP contribution < -0.4 is 15.0 Å². The molecule has 1 N–H and O–H groups in total. The van der Waals surface area contributed by atoms with E-state index in [0.717, 1.165) is 42.8 Å². The van der Waals surface area contributed by atoms with Crippen molar-refractivity contribution >= 4 is 12.0 Å². The second kappa shape index (κ2) is 9.44. The van der Waals surface area contributed by atoms with Crippen LogP contribution in [0.5, 0.6) is 11.6 Å². The molecule has 2 aliphatic heterocycles. The molecule has 1 fully saturated rings. The van der Waals surface area contributed by atoms with E-state index in [4.69, 9.17) is 14.7 Å². The van der Waals surface area contributed by atoms with Gasteiger partial charge in [0.15, 0.2) is 0 Å². The summed E-state index contributed by atoms with van der Waals surface area (Å²) in [6.45, 7) is 3.23. The largest absolute Gasteiger partial charge is 0.438 e. The lowest BCUT2D eigenvalue weighted by Crippen LogP contribution is -2.43. The Balaban J connectivity index is 1.38. The zero-order chi connectivity index (χ0) is 22.6. The highest BCUT2D eigenvalue weighted by Crippen LogP contribution is 2.32. The van der Waals surface area contributed by atoms with Crippen molar-refractivity contribution in [3.05, 3.63) is 77.2 Å². The third-order valence-corrected chi connectivity index (χ3v) is 6.00. The summed E-state index contributed by atoms with van der Waals surface area (Å²) in [7, 11) is 0. The fourth-order valence-electron chi connectivity index (χ4n) is 4.19. The predicted octanol–water partition coefficient (Wildman–Crippen LogP) is 4.28. The molecule has 0 aliphatic carbocycles. The van der Waals surface area contributed by atoms with Crippen LogP contribution in [0.25, 0.3) is 0 Å². The van der Waals surface area contributed by atoms with Gasteiger partial charge in [0.1, 0.15) is 11.6 Å². The smallest absolute Gasteiger partial charge is 0.317 e. The van der Waals surface area contributed by atoms with Crippen molar-refractivity contribution in [1.29, 1.82) is 0 Å². The van der Waals surface area contributed by atoms with Crippen molar-refractivity contribution in [2.24, 2.45) is 0 Å². The topological polar surface area (TPSA) is 70.6 Å². The summed E-state index contributed by atoms with van der Waals surface area (Å²) in [6.07, 6.45) is 2.85. The van der Waals surface area contributed by atoms with Gasteiger partial charge in [0.25, 0.3) is 0 Å². The van der Waals surface area contributed by atoms with Gasteiger partial charge < -0.3 is 19.9 Å². The molecule has 0 radical (unpaired) electrons. The van der Waals surface area contributed by atoms with Crippen LogP contribution in [0.1, 0.15) is 29.7 Å². The lowest BCUT2D eigenvalue weighted by Gasteiger charge is -2.30. The number of ether oxygens (including phenoxy) is 1. The van der Waals surface area contributed by atoms with E-state index in [2.05, 4.69) is 10.2 Å². The molecule has 0 saturated carbocycles. The highest BCUT2D eigenvalue weighted by molar-refractivity contribution is 5.74. The van der Waals surface area contributed by atoms with E-state index in [-0.39, 0.29) is 11.8 Å². The highest BCUT2D eigenvalue weighted by atomic mass is 19.1. The number of hydrogen-bond donors (Lipinski definition) is 1. The fraction of sp³-hybridized carbons (Fsp3) is 0.320. The Bertz CT molecular complexity index is 1120. The number of benzene rings is 2. The maximum Gasteiger partial charge on any atom is 0.317 e. The third kappa shape index (κ3) is 4.89. The number of urea groups is 1. The molecule has 0 spiro atoms. The molecule has 7 nitrogen and oxygen atoms in total. The highest BCUT2D eigenvalue weighted by Gasteiger charge is 2.28. The summed E-state index contributed by atoms with van der Waals surface area (Å²) in [5.41, 5.74) is 2.74. The minimum absolute atomic E-state index is 0.138. The van der Waals surface area contributed by atoms with Gasteiger partial charge in [0.05, 0.1) is 17.8 Å². The number of nitrogens with one attached hydrogen (secondary N) is 1. The van der Waals surface area contributed by atoms with Crippen LogP contribution in [0.4, 0.5) is 15.1 Å². The minimum Gasteiger partial charge on any atom is -0.438 e. The monoisotopic (exact) mass is 447 g/mol. The number of hydrogen-bond acceptors (Lipinski definition) is 5. The van der Waals surface area contributed by atoms with Gasteiger partial charge in [-0.25, -0.2) is 14.2 Å². The van der Waals surface area contributed by atoms with Gasteiger partial charge in [-0.15, -0.1) is 0 Å². The first-order chi connectivity index (χ1) is 16.2. The Morgan fingerprint density at radius 3 is 2.52 bits per heavy atom. The van der Waals surface area contributed by atoms with Gasteiger partial charge >= 0.3 is 6.03 Å². The van der Waals surface area contributed by atoms with E-state index in [1.807, 2.05) is 30.3 Å². The molecule has 0 atom stereocenters. The van der Waals surface area contributed by atoms with Gasteiger partial charge in [-0.2, -0.15) is 4.98 Å². The number of carbonyl (C=O) groups is 1. The van der Waals surface area contributed by atoms with Crippen LogP contribution in [0.15, 0.2) is 54.6 Å². The number of rotatable bonds is 5. The molecule has 8 heteroatoms. The average Bonchev–Trinajstić information content (AvgIpc) is 3.39. The van der Waals surface area contributed by atoms with Crippen molar-refractivity contribution in [2.75, 3.05) is 24.5 Å². The van der Waals surface area contributed by atoms with Crippen LogP contribution in [-0.2, 0) is 19.5 Å². The number of halogens is 1. The first kappa shape index (κ1) is 21.2. The van der Waals surface area contributed by atoms with Crippen LogP contribution in [0.2, 0.25) is 0 Å². The lowest BCUT2D eigenvalue weighted by atomic mass is 10.1. The Morgan fingerprint density at radius 1 is 1.00 bits per heavy atom. The number of aromatic nitrogens is 2. The van der Waals surface area contributed by atoms with E-state index in [0.29, 0.717) is 43.6 Å². The van der Waals surface area contributed by atoms with E-state index < -0.39 is 0 Å². The summed E-state index contributed by atoms with van der Waals surface area (Å²) >= 11 is 0. The molecule has 0 bridgehead atoms. The normalized spacial score (nSPS) is 15.3. The molecule has 33 heavy (non-hydrogen) atoms. The van der Waals surface area contributed by atoms with Crippen molar-refractivity contribution < 1.29 is 13.9 Å². The zero-order valence-electron chi connectivity index (χ0n) is 18.3. The third-order valence-electron chi connectivity index (χ3n) is 6.00. The Labute approximate surface area is 192 Å². The summed E-state index contributed by atoms with van der Waals surface area (Å²) in [5, 5.41) is 2.99. The Morgan fingerprint density at radius 2 is 1.76 bits per heavy atom. The number of carbonyl (C=O) groups excluding carboxylic acids is 1. The first-order valence-corrected chi connectivity index (χ1v) is 11.3. The van der Waals surface area contributed by atoms with Gasteiger partial charge in [0.2, 0.25) is 11.8 Å². The van der Waals surface area contributed by atoms with Crippen LogP contribution >= 0.6 is 0 Å². The molecule has 1 aromatic heterocycles. The number of fused-ring (bicyclic) bond motifs is 1. The van der Waals surface area contributed by atoms with Crippen molar-refractivity contribution in [1.82, 2.24) is 20.2 Å². The molecule has 2 aromatic carbocycles. The molecule has 0 unspecified atom stereocenters. The minimum atomic E-state index is -0.328. The van der Waals surface area contributed by atoms with E-state index in [9.17, 15) is 9.18 Å². The Hall–Kier alpha value is -3.68. The fourth-order valence-corrected chi connectivity index (χ4v) is 4.19. The SMILES string of the molecule is O=C(NCc1ccccc1)N1CCc2nc(N3CCCC3)nc(Oc3ccc(F)cc3)c2C1. The molecule has 1 saturated heterocycles. The van der Waals surface area contributed by atoms with Gasteiger partial charge in [-0.1, -0.05) is 30.3 Å². The summed E-state index contributed by atoms with van der Waals surface area (Å²) in [6, 6.07) is 15.5. The molecular formula is C25H26FN5O2. The summed E-state index contributed by atoms with van der Waals surface area (Å²) in [5.74, 6) is 1.25. The molecule has 5 rings (SSSR count). The van der Waals surface area contributed by atoms with E-state index in [1.165, 1.54) is 12.1 Å². The predicted molar refractivity (Wildman–Crippen MR) is 123 cm³/mol. The molecule has 2 amide bonds. The average molecular weight is 448 g/mol. The zero-order valence-corrected chi connectivity index (χ0v) is 18.3. The number of amides is 2. The van der Waals surface area contributed by atoms with Crippen molar-refractivity contribution in [2.45, 2.75) is 32.4 Å². The number of anilines is 1. The Kier molecular flexibility index (Phi) is 6.06. The van der Waals surface area contributed by atoms with Crippen molar-refractivity contribution in [3.63, 3.8) is 0 Å². The quantitative estimate of drug-likeness (QED) is 0.632. The van der Waals surface area contributed by atoms with Crippen LogP contribution in [0, 0.1) is 5.82 Å². The second-order valence-electron chi connectivity index (χ2n) is 8.32. The van der Waals surface area contributed by atoms with Gasteiger partial charge in [0, 0.05) is 32.6 Å². The molecule has 3 aromatic rings.